The molecule has 0 aromatic carbocycles. The van der Waals surface area contributed by atoms with Crippen LogP contribution in [0.4, 0.5) is 5.69 Å². The third kappa shape index (κ3) is 3.74. The molecule has 2 aromatic heterocycles. The molecule has 1 aliphatic rings. The van der Waals surface area contributed by atoms with Gasteiger partial charge in [0.15, 0.2) is 0 Å². The molecular formula is C16H22N6O4S. The van der Waals surface area contributed by atoms with Crippen LogP contribution in [0.3, 0.4) is 0 Å². The van der Waals surface area contributed by atoms with Crippen LogP contribution in [0.15, 0.2) is 17.3 Å². The molecule has 0 aliphatic carbocycles. The van der Waals surface area contributed by atoms with Crippen molar-refractivity contribution in [3.8, 4) is 0 Å². The van der Waals surface area contributed by atoms with E-state index in [2.05, 4.69) is 15.4 Å². The summed E-state index contributed by atoms with van der Waals surface area (Å²) in [6.45, 7) is 3.40. The van der Waals surface area contributed by atoms with Gasteiger partial charge < -0.3 is 15.2 Å². The third-order valence-electron chi connectivity index (χ3n) is 4.63. The summed E-state index contributed by atoms with van der Waals surface area (Å²) in [4.78, 5) is 29.2. The highest BCUT2D eigenvalue weighted by Crippen LogP contribution is 2.23. The molecule has 1 atom stereocenters. The van der Waals surface area contributed by atoms with Crippen LogP contribution in [0.1, 0.15) is 34.6 Å². The van der Waals surface area contributed by atoms with Gasteiger partial charge in [0.1, 0.15) is 10.6 Å². The van der Waals surface area contributed by atoms with Crippen LogP contribution in [-0.4, -0.2) is 47.6 Å². The first-order valence-corrected chi connectivity index (χ1v) is 9.94. The van der Waals surface area contributed by atoms with Crippen molar-refractivity contribution >= 4 is 27.5 Å². The number of aryl methyl sites for hydroxylation is 2. The minimum absolute atomic E-state index is 0.0306. The summed E-state index contributed by atoms with van der Waals surface area (Å²) in [5.74, 6) is -0.465. The number of hydrogen-bond acceptors (Lipinski definition) is 5. The highest BCUT2D eigenvalue weighted by atomic mass is 32.2. The van der Waals surface area contributed by atoms with Crippen LogP contribution in [0, 0.1) is 13.8 Å². The van der Waals surface area contributed by atoms with Gasteiger partial charge in [-0.05, 0) is 25.8 Å². The third-order valence-corrected chi connectivity index (χ3v) is 5.81. The van der Waals surface area contributed by atoms with Crippen molar-refractivity contribution in [1.82, 2.24) is 20.1 Å². The number of aromatic nitrogens is 3. The Balaban J connectivity index is 1.78. The number of rotatable bonds is 4. The number of anilines is 1. The first-order valence-electron chi connectivity index (χ1n) is 8.39. The maximum Gasteiger partial charge on any atom is 0.268 e. The zero-order valence-corrected chi connectivity index (χ0v) is 16.1. The average Bonchev–Trinajstić information content (AvgIpc) is 3.11. The maximum absolute atomic E-state index is 12.7. The molecule has 0 spiro atoms. The molecule has 0 bridgehead atoms. The van der Waals surface area contributed by atoms with Crippen LogP contribution in [-0.2, 0) is 21.9 Å². The maximum atomic E-state index is 12.7. The second-order valence-corrected chi connectivity index (χ2v) is 8.21. The van der Waals surface area contributed by atoms with Crippen molar-refractivity contribution in [2.24, 2.45) is 12.2 Å². The Labute approximate surface area is 156 Å². The number of piperidine rings is 1. The predicted octanol–water partition coefficient (Wildman–Crippen LogP) is -0.0622. The number of H-pyrrole nitrogens is 1. The quantitative estimate of drug-likeness (QED) is 0.665. The minimum Gasteiger partial charge on any atom is -0.353 e. The van der Waals surface area contributed by atoms with E-state index < -0.39 is 15.9 Å². The summed E-state index contributed by atoms with van der Waals surface area (Å²) in [6, 6.07) is -0.267. The topological polar surface area (TPSA) is 143 Å². The van der Waals surface area contributed by atoms with Gasteiger partial charge in [0, 0.05) is 37.9 Å². The lowest BCUT2D eigenvalue weighted by molar-refractivity contribution is -0.119. The van der Waals surface area contributed by atoms with Crippen LogP contribution in [0.2, 0.25) is 0 Å². The largest absolute Gasteiger partial charge is 0.353 e. The van der Waals surface area contributed by atoms with E-state index in [4.69, 9.17) is 5.14 Å². The highest BCUT2D eigenvalue weighted by Gasteiger charge is 2.30. The fourth-order valence-electron chi connectivity index (χ4n) is 3.41. The molecule has 0 radical (unpaired) electrons. The Morgan fingerprint density at radius 2 is 2.11 bits per heavy atom. The lowest BCUT2D eigenvalue weighted by Gasteiger charge is -2.32. The molecule has 146 valence electrons. The van der Waals surface area contributed by atoms with E-state index in [1.807, 2.05) is 0 Å². The number of carbonyl (C=O) groups is 2. The zero-order chi connectivity index (χ0) is 19.9. The van der Waals surface area contributed by atoms with Gasteiger partial charge >= 0.3 is 0 Å². The van der Waals surface area contributed by atoms with Gasteiger partial charge in [0.2, 0.25) is 15.9 Å². The highest BCUT2D eigenvalue weighted by molar-refractivity contribution is 7.89. The minimum atomic E-state index is -3.93. The number of hydrogen-bond donors (Lipinski definition) is 3. The van der Waals surface area contributed by atoms with Crippen molar-refractivity contribution in [2.75, 3.05) is 11.4 Å². The van der Waals surface area contributed by atoms with Crippen molar-refractivity contribution in [3.63, 3.8) is 0 Å². The van der Waals surface area contributed by atoms with E-state index in [9.17, 15) is 18.0 Å². The normalized spacial score (nSPS) is 18.0. The number of sulfonamides is 1. The fraction of sp³-hybridized carbons (Fsp3) is 0.438. The monoisotopic (exact) mass is 394 g/mol. The van der Waals surface area contributed by atoms with Gasteiger partial charge in [0.05, 0.1) is 11.9 Å². The summed E-state index contributed by atoms with van der Waals surface area (Å²) < 4.78 is 25.0. The van der Waals surface area contributed by atoms with Crippen LogP contribution < -0.4 is 15.4 Å². The van der Waals surface area contributed by atoms with Gasteiger partial charge in [-0.2, -0.15) is 5.10 Å². The second-order valence-electron chi connectivity index (χ2n) is 6.71. The van der Waals surface area contributed by atoms with E-state index in [0.29, 0.717) is 30.8 Å². The fourth-order valence-corrected chi connectivity index (χ4v) is 4.41. The Bertz CT molecular complexity index is 1010. The van der Waals surface area contributed by atoms with E-state index in [1.54, 1.807) is 35.9 Å². The molecule has 1 fully saturated rings. The zero-order valence-electron chi connectivity index (χ0n) is 15.3. The number of amides is 2. The van der Waals surface area contributed by atoms with E-state index in [-0.39, 0.29) is 28.1 Å². The van der Waals surface area contributed by atoms with E-state index in [0.717, 1.165) is 0 Å². The van der Waals surface area contributed by atoms with E-state index >= 15 is 0 Å². The standard InChI is InChI=1S/C16H22N6O4S/c1-9-14(19-10(2)15(9)27(17,25)26)16(24)20-11-4-5-13(23)22(7-11)12-6-18-21(3)8-12/h6,8,11,19H,4-5,7H2,1-3H3,(H,20,24)(H2,17,25,26). The molecular weight excluding hydrogens is 372 g/mol. The second kappa shape index (κ2) is 6.82. The molecule has 2 aromatic rings. The summed E-state index contributed by atoms with van der Waals surface area (Å²) >= 11 is 0. The smallest absolute Gasteiger partial charge is 0.268 e. The molecule has 2 amide bonds. The molecule has 1 aliphatic heterocycles. The van der Waals surface area contributed by atoms with Crippen molar-refractivity contribution in [2.45, 2.75) is 37.6 Å². The Hall–Kier alpha value is -2.66. The summed E-state index contributed by atoms with van der Waals surface area (Å²) in [6.07, 6.45) is 4.13. The predicted molar refractivity (Wildman–Crippen MR) is 97.7 cm³/mol. The summed E-state index contributed by atoms with van der Waals surface area (Å²) in [5, 5.41) is 12.2. The molecule has 10 nitrogen and oxygen atoms in total. The first-order chi connectivity index (χ1) is 12.6. The number of primary sulfonamides is 1. The van der Waals surface area contributed by atoms with Gasteiger partial charge in [-0.1, -0.05) is 0 Å². The van der Waals surface area contributed by atoms with Gasteiger partial charge in [-0.15, -0.1) is 0 Å². The first kappa shape index (κ1) is 19.1. The van der Waals surface area contributed by atoms with Crippen molar-refractivity contribution in [1.29, 1.82) is 0 Å². The molecule has 11 heteroatoms. The molecule has 27 heavy (non-hydrogen) atoms. The van der Waals surface area contributed by atoms with Gasteiger partial charge in [0.25, 0.3) is 5.91 Å². The Morgan fingerprint density at radius 3 is 2.67 bits per heavy atom. The SMILES string of the molecule is Cc1[nH]c(C(=O)NC2CCC(=O)N(c3cnn(C)c3)C2)c(C)c1S(N)(=O)=O. The number of aromatic amines is 1. The van der Waals surface area contributed by atoms with Crippen LogP contribution in [0.25, 0.3) is 0 Å². The molecule has 1 unspecified atom stereocenters. The average molecular weight is 394 g/mol. The Kier molecular flexibility index (Phi) is 4.82. The lowest BCUT2D eigenvalue weighted by atomic mass is 10.0. The van der Waals surface area contributed by atoms with Crippen LogP contribution >= 0.6 is 0 Å². The molecule has 0 saturated carbocycles. The van der Waals surface area contributed by atoms with Gasteiger partial charge in [-0.3, -0.25) is 14.3 Å². The van der Waals surface area contributed by atoms with Crippen molar-refractivity contribution in [3.05, 3.63) is 29.3 Å². The summed E-state index contributed by atoms with van der Waals surface area (Å²) in [5.41, 5.74) is 1.42. The van der Waals surface area contributed by atoms with Crippen molar-refractivity contribution < 1.29 is 18.0 Å². The molecule has 3 rings (SSSR count). The number of nitrogens with two attached hydrogens (primary N) is 1. The molecule has 3 heterocycles. The number of nitrogens with zero attached hydrogens (tertiary/aromatic N) is 3. The molecule has 4 N–H and O–H groups in total. The number of nitrogens with one attached hydrogen (secondary N) is 2. The molecule has 1 saturated heterocycles. The van der Waals surface area contributed by atoms with Gasteiger partial charge in [-0.25, -0.2) is 13.6 Å². The lowest BCUT2D eigenvalue weighted by Crippen LogP contribution is -2.50. The number of carbonyl (C=O) groups excluding carboxylic acids is 2. The van der Waals surface area contributed by atoms with E-state index in [1.165, 1.54) is 6.92 Å². The van der Waals surface area contributed by atoms with Crippen LogP contribution in [0.5, 0.6) is 0 Å². The Morgan fingerprint density at radius 1 is 1.41 bits per heavy atom. The summed E-state index contributed by atoms with van der Waals surface area (Å²) in [7, 11) is -2.17.